The average Bonchev–Trinajstić information content (AvgIpc) is 3.32. The molecule has 0 aliphatic heterocycles. The van der Waals surface area contributed by atoms with Gasteiger partial charge >= 0.3 is 0 Å². The molecule has 1 heterocycles. The van der Waals surface area contributed by atoms with Crippen LogP contribution < -0.4 is 10.6 Å². The van der Waals surface area contributed by atoms with Crippen molar-refractivity contribution >= 4 is 11.6 Å². The number of nitrogens with zero attached hydrogens (tertiary/aromatic N) is 2. The summed E-state index contributed by atoms with van der Waals surface area (Å²) in [5.74, 6) is 3.37. The molecule has 0 bridgehead atoms. The Hall–Kier alpha value is -1.40. The lowest BCUT2D eigenvalue weighted by molar-refractivity contribution is 0.0705. The molecule has 0 atom stereocenters. The predicted molar refractivity (Wildman–Crippen MR) is 84.1 cm³/mol. The maximum absolute atomic E-state index is 5.45. The van der Waals surface area contributed by atoms with Gasteiger partial charge in [-0.1, -0.05) is 0 Å². The molecule has 21 heavy (non-hydrogen) atoms. The van der Waals surface area contributed by atoms with Gasteiger partial charge in [0.05, 0.1) is 13.2 Å². The lowest BCUT2D eigenvalue weighted by Crippen LogP contribution is -2.12. The molecule has 0 unspecified atom stereocenters. The molecule has 6 heteroatoms. The number of rotatable bonds is 10. The highest BCUT2D eigenvalue weighted by Gasteiger charge is 2.28. The van der Waals surface area contributed by atoms with Gasteiger partial charge in [0.15, 0.2) is 0 Å². The van der Waals surface area contributed by atoms with Crippen molar-refractivity contribution in [1.29, 1.82) is 0 Å². The van der Waals surface area contributed by atoms with E-state index in [1.54, 1.807) is 7.11 Å². The largest absolute Gasteiger partial charge is 0.382 e. The molecule has 0 spiro atoms. The van der Waals surface area contributed by atoms with Crippen LogP contribution in [0.1, 0.15) is 36.6 Å². The molecule has 118 valence electrons. The normalized spacial score (nSPS) is 14.2. The van der Waals surface area contributed by atoms with Gasteiger partial charge in [0.1, 0.15) is 17.5 Å². The van der Waals surface area contributed by atoms with E-state index in [9.17, 15) is 0 Å². The zero-order valence-corrected chi connectivity index (χ0v) is 13.2. The minimum absolute atomic E-state index is 0.552. The molecule has 1 aromatic heterocycles. The van der Waals surface area contributed by atoms with E-state index in [-0.39, 0.29) is 0 Å². The summed E-state index contributed by atoms with van der Waals surface area (Å²) >= 11 is 0. The molecule has 1 aliphatic rings. The van der Waals surface area contributed by atoms with E-state index < -0.39 is 0 Å². The molecular weight excluding hydrogens is 268 g/mol. The molecule has 0 aromatic carbocycles. The third-order valence-electron chi connectivity index (χ3n) is 3.53. The van der Waals surface area contributed by atoms with E-state index in [4.69, 9.17) is 9.47 Å². The maximum atomic E-state index is 5.45. The summed E-state index contributed by atoms with van der Waals surface area (Å²) < 4.78 is 10.4. The van der Waals surface area contributed by atoms with E-state index >= 15 is 0 Å². The summed E-state index contributed by atoms with van der Waals surface area (Å²) in [7, 11) is 3.58. The number of methoxy groups -OCH3 is 1. The second-order valence-electron chi connectivity index (χ2n) is 5.31. The topological polar surface area (TPSA) is 68.3 Å². The zero-order chi connectivity index (χ0) is 15.1. The Kier molecular flexibility index (Phi) is 6.20. The minimum Gasteiger partial charge on any atom is -0.382 e. The monoisotopic (exact) mass is 294 g/mol. The molecular formula is C15H26N4O2. The van der Waals surface area contributed by atoms with Crippen LogP contribution in [0.5, 0.6) is 0 Å². The van der Waals surface area contributed by atoms with Gasteiger partial charge < -0.3 is 20.1 Å². The van der Waals surface area contributed by atoms with Gasteiger partial charge in [0.2, 0.25) is 0 Å². The number of hydrogen-bond donors (Lipinski definition) is 2. The highest BCUT2D eigenvalue weighted by Crippen LogP contribution is 2.39. The highest BCUT2D eigenvalue weighted by molar-refractivity contribution is 5.57. The fourth-order valence-electron chi connectivity index (χ4n) is 2.10. The smallest absolute Gasteiger partial charge is 0.136 e. The molecule has 6 nitrogen and oxygen atoms in total. The summed E-state index contributed by atoms with van der Waals surface area (Å²) in [6, 6.07) is 0. The molecule has 1 saturated carbocycles. The molecule has 2 N–H and O–H groups in total. The maximum Gasteiger partial charge on any atom is 0.136 e. The summed E-state index contributed by atoms with van der Waals surface area (Å²) in [4.78, 5) is 9.26. The third kappa shape index (κ3) is 4.82. The summed E-state index contributed by atoms with van der Waals surface area (Å²) in [6.45, 7) is 4.92. The van der Waals surface area contributed by atoms with Gasteiger partial charge in [-0.2, -0.15) is 0 Å². The van der Waals surface area contributed by atoms with E-state index in [2.05, 4.69) is 20.6 Å². The van der Waals surface area contributed by atoms with Crippen molar-refractivity contribution in [3.63, 3.8) is 0 Å². The predicted octanol–water partition coefficient (Wildman–Crippen LogP) is 2.17. The van der Waals surface area contributed by atoms with Crippen LogP contribution in [0.25, 0.3) is 0 Å². The van der Waals surface area contributed by atoms with Crippen LogP contribution in [-0.2, 0) is 9.47 Å². The second kappa shape index (κ2) is 8.14. The van der Waals surface area contributed by atoms with Crippen molar-refractivity contribution in [2.24, 2.45) is 0 Å². The number of nitrogens with one attached hydrogen (secondary N) is 2. The van der Waals surface area contributed by atoms with Gasteiger partial charge in [0.25, 0.3) is 0 Å². The lowest BCUT2D eigenvalue weighted by Gasteiger charge is -2.13. The van der Waals surface area contributed by atoms with Crippen LogP contribution in [0.4, 0.5) is 11.6 Å². The second-order valence-corrected chi connectivity index (χ2v) is 5.31. The molecule has 0 amide bonds. The summed E-state index contributed by atoms with van der Waals surface area (Å²) in [5.41, 5.74) is 1.07. The average molecular weight is 294 g/mol. The molecule has 1 fully saturated rings. The molecule has 0 saturated heterocycles. The third-order valence-corrected chi connectivity index (χ3v) is 3.53. The Labute approximate surface area is 126 Å². The van der Waals surface area contributed by atoms with Gasteiger partial charge in [0, 0.05) is 38.8 Å². The first-order valence-corrected chi connectivity index (χ1v) is 7.63. The number of aromatic nitrogens is 2. The van der Waals surface area contributed by atoms with Gasteiger partial charge in [-0.25, -0.2) is 9.97 Å². The molecule has 1 aromatic rings. The van der Waals surface area contributed by atoms with Crippen LogP contribution >= 0.6 is 0 Å². The summed E-state index contributed by atoms with van der Waals surface area (Å²) in [5, 5.41) is 6.55. The fraction of sp³-hybridized carbons (Fsp3) is 0.733. The van der Waals surface area contributed by atoms with Crippen molar-refractivity contribution in [2.45, 2.75) is 32.1 Å². The first-order valence-electron chi connectivity index (χ1n) is 7.63. The van der Waals surface area contributed by atoms with E-state index in [0.29, 0.717) is 19.1 Å². The van der Waals surface area contributed by atoms with Crippen LogP contribution in [0.15, 0.2) is 0 Å². The van der Waals surface area contributed by atoms with Crippen molar-refractivity contribution in [1.82, 2.24) is 9.97 Å². The zero-order valence-electron chi connectivity index (χ0n) is 13.2. The van der Waals surface area contributed by atoms with Crippen LogP contribution in [0, 0.1) is 6.92 Å². The first kappa shape index (κ1) is 16.0. The van der Waals surface area contributed by atoms with Gasteiger partial charge in [-0.3, -0.25) is 0 Å². The van der Waals surface area contributed by atoms with Gasteiger partial charge in [-0.15, -0.1) is 0 Å². The molecule has 1 aliphatic carbocycles. The van der Waals surface area contributed by atoms with Crippen LogP contribution in [0.3, 0.4) is 0 Å². The molecule has 0 radical (unpaired) electrons. The van der Waals surface area contributed by atoms with Crippen molar-refractivity contribution in [2.75, 3.05) is 51.2 Å². The Morgan fingerprint density at radius 3 is 2.57 bits per heavy atom. The molecule has 2 rings (SSSR count). The lowest BCUT2D eigenvalue weighted by atomic mass is 10.2. The Morgan fingerprint density at radius 2 is 1.90 bits per heavy atom. The Bertz CT molecular complexity index is 450. The number of hydrogen-bond acceptors (Lipinski definition) is 6. The number of anilines is 2. The SMILES string of the molecule is CNc1nc(C2CC2)nc(NCCCOCCOC)c1C. The van der Waals surface area contributed by atoms with Gasteiger partial charge in [-0.05, 0) is 26.2 Å². The minimum atomic E-state index is 0.552. The van der Waals surface area contributed by atoms with Crippen molar-refractivity contribution in [3.8, 4) is 0 Å². The van der Waals surface area contributed by atoms with Crippen LogP contribution in [-0.4, -0.2) is 50.5 Å². The van der Waals surface area contributed by atoms with Crippen LogP contribution in [0.2, 0.25) is 0 Å². The number of ether oxygens (including phenoxy) is 2. The Morgan fingerprint density at radius 1 is 1.14 bits per heavy atom. The standard InChI is InChI=1S/C15H26N4O2/c1-11-13(16-2)18-15(12-5-6-12)19-14(11)17-7-4-8-21-10-9-20-3/h12H,4-10H2,1-3H3,(H2,16,17,18,19). The van der Waals surface area contributed by atoms with E-state index in [1.165, 1.54) is 12.8 Å². The summed E-state index contributed by atoms with van der Waals surface area (Å²) in [6.07, 6.45) is 3.36. The highest BCUT2D eigenvalue weighted by atomic mass is 16.5. The van der Waals surface area contributed by atoms with Crippen molar-refractivity contribution < 1.29 is 9.47 Å². The van der Waals surface area contributed by atoms with E-state index in [0.717, 1.165) is 42.6 Å². The van der Waals surface area contributed by atoms with Crippen molar-refractivity contribution in [3.05, 3.63) is 11.4 Å². The van der Waals surface area contributed by atoms with E-state index in [1.807, 2.05) is 14.0 Å². The first-order chi connectivity index (χ1) is 10.3. The Balaban J connectivity index is 1.82. The quantitative estimate of drug-likeness (QED) is 0.645. The fourth-order valence-corrected chi connectivity index (χ4v) is 2.10.